The molecular formula is C33H28ClN3O5. The second-order valence-corrected chi connectivity index (χ2v) is 10.9. The van der Waals surface area contributed by atoms with Crippen molar-refractivity contribution in [3.8, 4) is 28.3 Å². The molecule has 6 rings (SSSR count). The van der Waals surface area contributed by atoms with Crippen LogP contribution in [-0.2, 0) is 6.61 Å². The second kappa shape index (κ2) is 11.7. The molecule has 42 heavy (non-hydrogen) atoms. The summed E-state index contributed by atoms with van der Waals surface area (Å²) < 4.78 is 8.37. The Hall–Kier alpha value is -4.69. The molecule has 0 amide bonds. The first-order chi connectivity index (χ1) is 20.4. The lowest BCUT2D eigenvalue weighted by Crippen LogP contribution is -2.14. The lowest BCUT2D eigenvalue weighted by molar-refractivity contribution is -0.384. The van der Waals surface area contributed by atoms with Crippen molar-refractivity contribution in [2.75, 3.05) is 0 Å². The average molecular weight is 582 g/mol. The second-order valence-electron chi connectivity index (χ2n) is 10.5. The number of halogens is 1. The summed E-state index contributed by atoms with van der Waals surface area (Å²) >= 11 is 6.05. The van der Waals surface area contributed by atoms with E-state index in [0.29, 0.717) is 39.0 Å². The van der Waals surface area contributed by atoms with Crippen molar-refractivity contribution in [1.82, 2.24) is 9.55 Å². The van der Waals surface area contributed by atoms with Crippen LogP contribution in [0.15, 0.2) is 84.9 Å². The lowest BCUT2D eigenvalue weighted by Gasteiger charge is -2.25. The summed E-state index contributed by atoms with van der Waals surface area (Å²) in [6.45, 7) is 0.136. The van der Waals surface area contributed by atoms with E-state index < -0.39 is 5.97 Å². The monoisotopic (exact) mass is 581 g/mol. The van der Waals surface area contributed by atoms with Crippen LogP contribution in [-0.4, -0.2) is 25.6 Å². The number of nitro groups is 1. The molecule has 9 heteroatoms. The molecule has 0 saturated heterocycles. The van der Waals surface area contributed by atoms with Gasteiger partial charge in [0.25, 0.3) is 5.69 Å². The van der Waals surface area contributed by atoms with Crippen LogP contribution in [0.1, 0.15) is 54.1 Å². The van der Waals surface area contributed by atoms with Crippen molar-refractivity contribution in [2.24, 2.45) is 0 Å². The average Bonchev–Trinajstić information content (AvgIpc) is 3.40. The maximum atomic E-state index is 11.8. The number of benzene rings is 4. The molecule has 1 aromatic heterocycles. The highest BCUT2D eigenvalue weighted by molar-refractivity contribution is 6.30. The standard InChI is InChI=1S/C33H28ClN3O5/c34-25-14-9-21(10-15-25)31-24(5-4-8-30(31)37(40)41)20-42-27-16-11-22(12-17-27)32-35-28-19-23(33(38)39)13-18-29(28)36(32)26-6-2-1-3-7-26/h4-5,8-19,26H,1-3,6-7,20H2,(H,38,39). The number of hydrogen-bond donors (Lipinski definition) is 1. The minimum absolute atomic E-state index is 0.00133. The molecular weight excluding hydrogens is 554 g/mol. The third kappa shape index (κ3) is 5.45. The number of nitro benzene ring substituents is 1. The quantitative estimate of drug-likeness (QED) is 0.145. The normalized spacial score (nSPS) is 13.7. The Morgan fingerprint density at radius 3 is 2.38 bits per heavy atom. The van der Waals surface area contributed by atoms with Crippen LogP contribution in [0.25, 0.3) is 33.5 Å². The maximum absolute atomic E-state index is 11.8. The fraction of sp³-hybridized carbons (Fsp3) is 0.212. The summed E-state index contributed by atoms with van der Waals surface area (Å²) in [5, 5.41) is 21.9. The predicted octanol–water partition coefficient (Wildman–Crippen LogP) is 8.71. The summed E-state index contributed by atoms with van der Waals surface area (Å²) in [5.74, 6) is 0.436. The lowest BCUT2D eigenvalue weighted by atomic mass is 9.95. The number of hydrogen-bond acceptors (Lipinski definition) is 5. The first kappa shape index (κ1) is 27.5. The van der Waals surface area contributed by atoms with E-state index in [0.717, 1.165) is 42.6 Å². The number of carbonyl (C=O) groups is 1. The molecule has 1 aliphatic carbocycles. The van der Waals surface area contributed by atoms with Crippen molar-refractivity contribution in [2.45, 2.75) is 44.8 Å². The van der Waals surface area contributed by atoms with Crippen molar-refractivity contribution < 1.29 is 19.6 Å². The number of imidazole rings is 1. The highest BCUT2D eigenvalue weighted by atomic mass is 35.5. The smallest absolute Gasteiger partial charge is 0.335 e. The number of carboxylic acids is 1. The summed E-state index contributed by atoms with van der Waals surface area (Å²) in [7, 11) is 0. The van der Waals surface area contributed by atoms with Gasteiger partial charge in [-0.15, -0.1) is 0 Å². The van der Waals surface area contributed by atoms with Crippen LogP contribution in [0, 0.1) is 10.1 Å². The van der Waals surface area contributed by atoms with Gasteiger partial charge in [-0.3, -0.25) is 10.1 Å². The van der Waals surface area contributed by atoms with Crippen LogP contribution in [0.3, 0.4) is 0 Å². The number of ether oxygens (including phenoxy) is 1. The Balaban J connectivity index is 1.30. The number of fused-ring (bicyclic) bond motifs is 1. The van der Waals surface area contributed by atoms with Crippen LogP contribution >= 0.6 is 11.6 Å². The van der Waals surface area contributed by atoms with Crippen LogP contribution in [0.5, 0.6) is 5.75 Å². The van der Waals surface area contributed by atoms with Gasteiger partial charge < -0.3 is 14.4 Å². The zero-order chi connectivity index (χ0) is 29.2. The van der Waals surface area contributed by atoms with E-state index in [-0.39, 0.29) is 22.8 Å². The first-order valence-corrected chi connectivity index (χ1v) is 14.3. The molecule has 0 atom stereocenters. The Bertz CT molecular complexity index is 1770. The highest BCUT2D eigenvalue weighted by Gasteiger charge is 2.23. The van der Waals surface area contributed by atoms with Crippen LogP contribution < -0.4 is 4.74 Å². The number of aromatic nitrogens is 2. The van der Waals surface area contributed by atoms with Crippen molar-refractivity contribution >= 4 is 34.3 Å². The van der Waals surface area contributed by atoms with E-state index in [4.69, 9.17) is 21.3 Å². The molecule has 1 fully saturated rings. The molecule has 0 unspecified atom stereocenters. The van der Waals surface area contributed by atoms with Crippen molar-refractivity contribution in [3.63, 3.8) is 0 Å². The molecule has 1 aliphatic rings. The summed E-state index contributed by atoms with van der Waals surface area (Å²) in [4.78, 5) is 27.9. The summed E-state index contributed by atoms with van der Waals surface area (Å²) in [6, 6.07) is 25.0. The van der Waals surface area contributed by atoms with Gasteiger partial charge in [-0.1, -0.05) is 55.1 Å². The zero-order valence-corrected chi connectivity index (χ0v) is 23.5. The largest absolute Gasteiger partial charge is 0.489 e. The van der Waals surface area contributed by atoms with E-state index >= 15 is 0 Å². The van der Waals surface area contributed by atoms with Gasteiger partial charge >= 0.3 is 5.97 Å². The fourth-order valence-corrected chi connectivity index (χ4v) is 5.94. The third-order valence-corrected chi connectivity index (χ3v) is 8.09. The van der Waals surface area contributed by atoms with Crippen molar-refractivity contribution in [1.29, 1.82) is 0 Å². The minimum atomic E-state index is -0.977. The fourth-order valence-electron chi connectivity index (χ4n) is 5.81. The Labute approximate surface area is 247 Å². The Kier molecular flexibility index (Phi) is 7.63. The van der Waals surface area contributed by atoms with Gasteiger partial charge in [-0.25, -0.2) is 9.78 Å². The third-order valence-electron chi connectivity index (χ3n) is 7.84. The molecule has 8 nitrogen and oxygen atoms in total. The molecule has 0 bridgehead atoms. The van der Waals surface area contributed by atoms with Gasteiger partial charge in [0.05, 0.1) is 27.1 Å². The van der Waals surface area contributed by atoms with E-state index in [9.17, 15) is 20.0 Å². The van der Waals surface area contributed by atoms with Crippen molar-refractivity contribution in [3.05, 3.63) is 111 Å². The van der Waals surface area contributed by atoms with Gasteiger partial charge in [-0.05, 0) is 73.0 Å². The van der Waals surface area contributed by atoms with E-state index in [1.165, 1.54) is 12.5 Å². The summed E-state index contributed by atoms with van der Waals surface area (Å²) in [6.07, 6.45) is 5.63. The number of nitrogens with zero attached hydrogens (tertiary/aromatic N) is 3. The predicted molar refractivity (Wildman–Crippen MR) is 162 cm³/mol. The molecule has 1 saturated carbocycles. The molecule has 0 radical (unpaired) electrons. The van der Waals surface area contributed by atoms with Gasteiger partial charge in [0, 0.05) is 28.3 Å². The number of aromatic carboxylic acids is 1. The van der Waals surface area contributed by atoms with Crippen LogP contribution in [0.2, 0.25) is 5.02 Å². The molecule has 4 aromatic carbocycles. The SMILES string of the molecule is O=C(O)c1ccc2c(c1)nc(-c1ccc(OCc3cccc([N+](=O)[O-])c3-c3ccc(Cl)cc3)cc1)n2C1CCCCC1. The van der Waals surface area contributed by atoms with E-state index in [2.05, 4.69) is 4.57 Å². The topological polar surface area (TPSA) is 107 Å². The highest BCUT2D eigenvalue weighted by Crippen LogP contribution is 2.37. The number of carboxylic acid groups (broad SMARTS) is 1. The zero-order valence-electron chi connectivity index (χ0n) is 22.7. The molecule has 1 N–H and O–H groups in total. The number of rotatable bonds is 8. The molecule has 212 valence electrons. The molecule has 5 aromatic rings. The van der Waals surface area contributed by atoms with Crippen LogP contribution in [0.4, 0.5) is 5.69 Å². The maximum Gasteiger partial charge on any atom is 0.335 e. The minimum Gasteiger partial charge on any atom is -0.489 e. The Morgan fingerprint density at radius 2 is 1.69 bits per heavy atom. The molecule has 1 heterocycles. The van der Waals surface area contributed by atoms with E-state index in [1.54, 1.807) is 42.5 Å². The Morgan fingerprint density at radius 1 is 0.976 bits per heavy atom. The molecule has 0 aliphatic heterocycles. The van der Waals surface area contributed by atoms with Gasteiger partial charge in [0.15, 0.2) is 0 Å². The van der Waals surface area contributed by atoms with E-state index in [1.807, 2.05) is 36.4 Å². The first-order valence-electron chi connectivity index (χ1n) is 13.9. The van der Waals surface area contributed by atoms with Gasteiger partial charge in [-0.2, -0.15) is 0 Å². The molecule has 0 spiro atoms. The van der Waals surface area contributed by atoms with Gasteiger partial charge in [0.1, 0.15) is 18.2 Å². The van der Waals surface area contributed by atoms with Gasteiger partial charge in [0.2, 0.25) is 0 Å². The summed E-state index contributed by atoms with van der Waals surface area (Å²) in [5.41, 5.74) is 4.58.